The highest BCUT2D eigenvalue weighted by atomic mass is 16.7. The Morgan fingerprint density at radius 1 is 1.07 bits per heavy atom. The fraction of sp³-hybridized carbons (Fsp3) is 0.900. The van der Waals surface area contributed by atoms with Crippen molar-refractivity contribution in [3.63, 3.8) is 0 Å². The highest BCUT2D eigenvalue weighted by Crippen LogP contribution is 2.35. The van der Waals surface area contributed by atoms with E-state index < -0.39 is 22.8 Å². The van der Waals surface area contributed by atoms with Gasteiger partial charge < -0.3 is 14.9 Å². The van der Waals surface area contributed by atoms with Crippen LogP contribution in [0.3, 0.4) is 0 Å². The normalized spacial score (nSPS) is 17.6. The number of aliphatic hydroxyl groups is 1. The van der Waals surface area contributed by atoms with Gasteiger partial charge in [-0.3, -0.25) is 0 Å². The summed E-state index contributed by atoms with van der Waals surface area (Å²) in [6.07, 6.45) is 0. The maximum atomic E-state index is 11.0. The molecule has 84 valence electrons. The standard InChI is InChI=1S/C10H20O4/c1-8(2,3)10(13,7(11)12)14-9(4,5)6/h13H,1-6H3,(H,11,12). The largest absolute Gasteiger partial charge is 0.477 e. The first-order valence-corrected chi connectivity index (χ1v) is 4.56. The molecule has 1 unspecified atom stereocenters. The van der Waals surface area contributed by atoms with Crippen LogP contribution in [0.4, 0.5) is 0 Å². The minimum absolute atomic E-state index is 0.708. The summed E-state index contributed by atoms with van der Waals surface area (Å²) in [4.78, 5) is 11.0. The second-order valence-corrected chi connectivity index (χ2v) is 5.41. The first-order chi connectivity index (χ1) is 5.90. The molecule has 4 nitrogen and oxygen atoms in total. The average Bonchev–Trinajstić information content (AvgIpc) is 1.79. The van der Waals surface area contributed by atoms with Crippen molar-refractivity contribution in [2.45, 2.75) is 52.9 Å². The number of carboxylic acid groups (broad SMARTS) is 1. The molecular formula is C10H20O4. The van der Waals surface area contributed by atoms with Crippen LogP contribution < -0.4 is 0 Å². The van der Waals surface area contributed by atoms with Gasteiger partial charge >= 0.3 is 5.97 Å². The molecular weight excluding hydrogens is 184 g/mol. The fourth-order valence-corrected chi connectivity index (χ4v) is 0.961. The highest BCUT2D eigenvalue weighted by molar-refractivity contribution is 5.76. The van der Waals surface area contributed by atoms with E-state index in [1.54, 1.807) is 41.5 Å². The fourth-order valence-electron chi connectivity index (χ4n) is 0.961. The van der Waals surface area contributed by atoms with Crippen LogP contribution in [-0.2, 0) is 9.53 Å². The van der Waals surface area contributed by atoms with Gasteiger partial charge in [0, 0.05) is 5.41 Å². The van der Waals surface area contributed by atoms with Gasteiger partial charge in [-0.05, 0) is 20.8 Å². The van der Waals surface area contributed by atoms with Crippen molar-refractivity contribution in [2.24, 2.45) is 5.41 Å². The molecule has 0 aromatic carbocycles. The number of ether oxygens (including phenoxy) is 1. The summed E-state index contributed by atoms with van der Waals surface area (Å²) in [5, 5.41) is 18.9. The smallest absolute Gasteiger partial charge is 0.364 e. The maximum absolute atomic E-state index is 11.0. The summed E-state index contributed by atoms with van der Waals surface area (Å²) in [6, 6.07) is 0. The van der Waals surface area contributed by atoms with Gasteiger partial charge in [-0.25, -0.2) is 4.79 Å². The molecule has 0 bridgehead atoms. The van der Waals surface area contributed by atoms with E-state index in [9.17, 15) is 9.90 Å². The Morgan fingerprint density at radius 3 is 1.50 bits per heavy atom. The van der Waals surface area contributed by atoms with Gasteiger partial charge in [0.1, 0.15) is 0 Å². The molecule has 0 heterocycles. The van der Waals surface area contributed by atoms with Crippen molar-refractivity contribution < 1.29 is 19.7 Å². The van der Waals surface area contributed by atoms with Gasteiger partial charge in [-0.2, -0.15) is 0 Å². The molecule has 0 aromatic rings. The lowest BCUT2D eigenvalue weighted by atomic mass is 9.85. The third-order valence-electron chi connectivity index (χ3n) is 1.76. The summed E-state index contributed by atoms with van der Waals surface area (Å²) in [6.45, 7) is 9.96. The Labute approximate surface area is 84.9 Å². The Morgan fingerprint density at radius 2 is 1.43 bits per heavy atom. The van der Waals surface area contributed by atoms with Crippen LogP contribution >= 0.6 is 0 Å². The van der Waals surface area contributed by atoms with E-state index in [1.807, 2.05) is 0 Å². The van der Waals surface area contributed by atoms with Crippen LogP contribution in [0.5, 0.6) is 0 Å². The molecule has 0 aliphatic rings. The predicted octanol–water partition coefficient (Wildman–Crippen LogP) is 1.62. The summed E-state index contributed by atoms with van der Waals surface area (Å²) >= 11 is 0. The van der Waals surface area contributed by atoms with Crippen LogP contribution in [0.25, 0.3) is 0 Å². The lowest BCUT2D eigenvalue weighted by Gasteiger charge is -2.40. The monoisotopic (exact) mass is 204 g/mol. The summed E-state index contributed by atoms with van der Waals surface area (Å²) in [5.41, 5.74) is -1.59. The Balaban J connectivity index is 5.04. The van der Waals surface area contributed by atoms with Crippen LogP contribution in [0.2, 0.25) is 0 Å². The van der Waals surface area contributed by atoms with E-state index in [4.69, 9.17) is 9.84 Å². The molecule has 1 atom stereocenters. The molecule has 0 fully saturated rings. The molecule has 0 rings (SSSR count). The molecule has 0 aliphatic heterocycles. The van der Waals surface area contributed by atoms with Crippen molar-refractivity contribution in [3.05, 3.63) is 0 Å². The predicted molar refractivity (Wildman–Crippen MR) is 52.9 cm³/mol. The summed E-state index contributed by atoms with van der Waals surface area (Å²) < 4.78 is 5.21. The third kappa shape index (κ3) is 2.96. The Kier molecular flexibility index (Phi) is 3.36. The first-order valence-electron chi connectivity index (χ1n) is 4.56. The van der Waals surface area contributed by atoms with E-state index in [2.05, 4.69) is 0 Å². The molecule has 0 saturated heterocycles. The Hall–Kier alpha value is -0.610. The van der Waals surface area contributed by atoms with Crippen molar-refractivity contribution >= 4 is 5.97 Å². The number of carboxylic acids is 1. The number of aliphatic carboxylic acids is 1. The van der Waals surface area contributed by atoms with Crippen molar-refractivity contribution in [1.82, 2.24) is 0 Å². The molecule has 4 heteroatoms. The average molecular weight is 204 g/mol. The van der Waals surface area contributed by atoms with Crippen LogP contribution in [-0.4, -0.2) is 27.6 Å². The molecule has 0 amide bonds. The van der Waals surface area contributed by atoms with Gasteiger partial charge in [0.2, 0.25) is 0 Å². The summed E-state index contributed by atoms with van der Waals surface area (Å²) in [5.74, 6) is -3.52. The van der Waals surface area contributed by atoms with Gasteiger partial charge in [-0.15, -0.1) is 0 Å². The van der Waals surface area contributed by atoms with E-state index in [-0.39, 0.29) is 0 Å². The minimum Gasteiger partial charge on any atom is -0.477 e. The second-order valence-electron chi connectivity index (χ2n) is 5.41. The maximum Gasteiger partial charge on any atom is 0.364 e. The second kappa shape index (κ2) is 3.51. The zero-order valence-corrected chi connectivity index (χ0v) is 9.71. The SMILES string of the molecule is CC(C)(C)OC(O)(C(=O)O)C(C)(C)C. The number of rotatable bonds is 2. The van der Waals surface area contributed by atoms with Gasteiger partial charge in [0.05, 0.1) is 5.60 Å². The molecule has 0 radical (unpaired) electrons. The first kappa shape index (κ1) is 13.4. The highest BCUT2D eigenvalue weighted by Gasteiger charge is 2.51. The quantitative estimate of drug-likeness (QED) is 0.671. The number of hydrogen-bond acceptors (Lipinski definition) is 3. The Bertz CT molecular complexity index is 221. The minimum atomic E-state index is -2.16. The number of carbonyl (C=O) groups is 1. The third-order valence-corrected chi connectivity index (χ3v) is 1.76. The van der Waals surface area contributed by atoms with Crippen molar-refractivity contribution in [3.8, 4) is 0 Å². The van der Waals surface area contributed by atoms with Crippen molar-refractivity contribution in [2.75, 3.05) is 0 Å². The van der Waals surface area contributed by atoms with Crippen molar-refractivity contribution in [1.29, 1.82) is 0 Å². The molecule has 0 aromatic heterocycles. The zero-order valence-electron chi connectivity index (χ0n) is 9.71. The molecule has 0 saturated carbocycles. The van der Waals surface area contributed by atoms with E-state index in [1.165, 1.54) is 0 Å². The van der Waals surface area contributed by atoms with Gasteiger partial charge in [0.25, 0.3) is 5.79 Å². The van der Waals surface area contributed by atoms with Crippen LogP contribution in [0.15, 0.2) is 0 Å². The summed E-state index contributed by atoms with van der Waals surface area (Å²) in [7, 11) is 0. The van der Waals surface area contributed by atoms with Crippen LogP contribution in [0.1, 0.15) is 41.5 Å². The topological polar surface area (TPSA) is 66.8 Å². The number of hydrogen-bond donors (Lipinski definition) is 2. The van der Waals surface area contributed by atoms with Gasteiger partial charge in [0.15, 0.2) is 0 Å². The zero-order chi connectivity index (χ0) is 11.8. The van der Waals surface area contributed by atoms with E-state index in [0.717, 1.165) is 0 Å². The molecule has 0 aliphatic carbocycles. The van der Waals surface area contributed by atoms with Gasteiger partial charge in [-0.1, -0.05) is 20.8 Å². The van der Waals surface area contributed by atoms with E-state index >= 15 is 0 Å². The molecule has 0 spiro atoms. The van der Waals surface area contributed by atoms with Crippen LogP contribution in [0, 0.1) is 5.41 Å². The lowest BCUT2D eigenvalue weighted by molar-refractivity contribution is -0.293. The lowest BCUT2D eigenvalue weighted by Crippen LogP contribution is -2.55. The molecule has 2 N–H and O–H groups in total. The molecule has 14 heavy (non-hydrogen) atoms. The van der Waals surface area contributed by atoms with E-state index in [0.29, 0.717) is 0 Å².